The zero-order valence-electron chi connectivity index (χ0n) is 21.6. The van der Waals surface area contributed by atoms with Gasteiger partial charge in [0, 0.05) is 7.05 Å². The molecule has 4 atom stereocenters. The predicted molar refractivity (Wildman–Crippen MR) is 145 cm³/mol. The molecule has 1 aliphatic rings. The summed E-state index contributed by atoms with van der Waals surface area (Å²) in [6.45, 7) is 3.44. The van der Waals surface area contributed by atoms with Crippen LogP contribution in [-0.2, 0) is 18.8 Å². The van der Waals surface area contributed by atoms with Crippen molar-refractivity contribution >= 4 is 49.0 Å². The molecular formula is C23H33ClN7O6P. The number of benzene rings is 1. The summed E-state index contributed by atoms with van der Waals surface area (Å²) in [5, 5.41) is 5.15. The molecule has 13 nitrogen and oxygen atoms in total. The van der Waals surface area contributed by atoms with Crippen LogP contribution in [0.2, 0.25) is 0 Å². The first-order chi connectivity index (χ1) is 18.2. The Morgan fingerprint density at radius 3 is 2.71 bits per heavy atom. The third-order valence-electron chi connectivity index (χ3n) is 5.17. The number of hydrogen-bond acceptors (Lipinski definition) is 12. The average molecular weight is 570 g/mol. The minimum atomic E-state index is -2.01. The van der Waals surface area contributed by atoms with Crippen LogP contribution in [0.4, 0.5) is 11.8 Å². The third kappa shape index (κ3) is 8.35. The molecule has 0 saturated carbocycles. The number of alkyl halides is 1. The Labute approximate surface area is 227 Å². The van der Waals surface area contributed by atoms with Crippen molar-refractivity contribution in [1.82, 2.24) is 24.6 Å². The number of nitrogens with zero attached hydrogens (tertiary/aromatic N) is 4. The normalized spacial score (nSPS) is 19.6. The first-order valence-corrected chi connectivity index (χ1v) is 13.5. The fraction of sp³-hybridized carbons (Fsp3) is 0.478. The van der Waals surface area contributed by atoms with Crippen molar-refractivity contribution in [2.45, 2.75) is 44.1 Å². The van der Waals surface area contributed by atoms with Crippen molar-refractivity contribution < 1.29 is 28.4 Å². The van der Waals surface area contributed by atoms with Crippen molar-refractivity contribution in [3.05, 3.63) is 36.7 Å². The van der Waals surface area contributed by atoms with E-state index < -0.39 is 20.7 Å². The molecule has 0 amide bonds. The van der Waals surface area contributed by atoms with Crippen LogP contribution in [0.1, 0.15) is 26.5 Å². The van der Waals surface area contributed by atoms with Crippen molar-refractivity contribution in [2.24, 2.45) is 0 Å². The van der Waals surface area contributed by atoms with Crippen LogP contribution < -0.4 is 20.9 Å². The van der Waals surface area contributed by atoms with Gasteiger partial charge < -0.3 is 34.7 Å². The molecule has 0 radical (unpaired) electrons. The second-order valence-corrected chi connectivity index (χ2v) is 10.0. The fourth-order valence-corrected chi connectivity index (χ4v) is 4.58. The first kappa shape index (κ1) is 29.8. The molecule has 1 aliphatic heterocycles. The number of para-hydroxylation sites is 1. The number of aromatic nitrogens is 4. The number of hydrogen-bond donors (Lipinski definition) is 4. The van der Waals surface area contributed by atoms with Crippen molar-refractivity contribution in [3.63, 3.8) is 0 Å². The second-order valence-electron chi connectivity index (χ2n) is 8.36. The molecule has 3 heterocycles. The van der Waals surface area contributed by atoms with Crippen molar-refractivity contribution in [2.75, 3.05) is 38.4 Å². The maximum atomic E-state index is 11.5. The highest BCUT2D eigenvalue weighted by molar-refractivity contribution is 7.43. The maximum Gasteiger partial charge on any atom is 0.320 e. The molecule has 4 unspecified atom stereocenters. The molecule has 2 aromatic heterocycles. The third-order valence-corrected chi connectivity index (χ3v) is 6.38. The van der Waals surface area contributed by atoms with Crippen LogP contribution >= 0.6 is 20.1 Å². The van der Waals surface area contributed by atoms with E-state index in [4.69, 9.17) is 36.1 Å². The van der Waals surface area contributed by atoms with E-state index in [0.29, 0.717) is 23.4 Å². The number of carbonyl (C=O) groups excluding carboxylic acids is 1. The monoisotopic (exact) mass is 569 g/mol. The van der Waals surface area contributed by atoms with Crippen LogP contribution in [0.5, 0.6) is 5.75 Å². The van der Waals surface area contributed by atoms with Gasteiger partial charge in [0.25, 0.3) is 8.53 Å². The van der Waals surface area contributed by atoms with Crippen LogP contribution in [-0.4, -0.2) is 75.3 Å². The fourth-order valence-electron chi connectivity index (χ4n) is 3.54. The van der Waals surface area contributed by atoms with Crippen LogP contribution in [0, 0.1) is 0 Å². The molecule has 1 fully saturated rings. The maximum absolute atomic E-state index is 11.5. The molecule has 208 valence electrons. The summed E-state index contributed by atoms with van der Waals surface area (Å²) in [5.41, 5.74) is 6.83. The minimum Gasteiger partial charge on any atom is -0.497 e. The summed E-state index contributed by atoms with van der Waals surface area (Å²) in [6, 6.07) is 9.68. The molecular weight excluding hydrogens is 537 g/mol. The number of esters is 1. The van der Waals surface area contributed by atoms with Crippen molar-refractivity contribution in [1.29, 1.82) is 0 Å². The van der Waals surface area contributed by atoms with E-state index in [1.807, 2.05) is 30.3 Å². The van der Waals surface area contributed by atoms with E-state index in [2.05, 4.69) is 25.4 Å². The molecule has 15 heteroatoms. The molecule has 1 saturated heterocycles. The Hall–Kier alpha value is -2.80. The Balaban J connectivity index is 0.000000427. The van der Waals surface area contributed by atoms with E-state index in [1.54, 1.807) is 38.9 Å². The number of halogens is 1. The second kappa shape index (κ2) is 14.4. The average Bonchev–Trinajstić information content (AvgIpc) is 3.48. The summed E-state index contributed by atoms with van der Waals surface area (Å²) >= 11 is 6.49. The summed E-state index contributed by atoms with van der Waals surface area (Å²) in [4.78, 5) is 34.1. The van der Waals surface area contributed by atoms with Crippen LogP contribution in [0.15, 0.2) is 36.7 Å². The molecule has 5 N–H and O–H groups in total. The number of rotatable bonds is 10. The number of nitrogens with two attached hydrogens (primary N) is 1. The van der Waals surface area contributed by atoms with E-state index in [0.717, 1.165) is 5.75 Å². The van der Waals surface area contributed by atoms with Gasteiger partial charge in [0.05, 0.1) is 37.6 Å². The topological polar surface area (TPSA) is 168 Å². The highest BCUT2D eigenvalue weighted by Gasteiger charge is 2.37. The van der Waals surface area contributed by atoms with Gasteiger partial charge in [-0.25, -0.2) is 10.1 Å². The summed E-state index contributed by atoms with van der Waals surface area (Å²) < 4.78 is 23.0. The number of carbonyl (C=O) groups is 1. The molecule has 1 aromatic carbocycles. The highest BCUT2D eigenvalue weighted by atomic mass is 35.5. The molecule has 3 aromatic rings. The Morgan fingerprint density at radius 1 is 1.34 bits per heavy atom. The largest absolute Gasteiger partial charge is 0.497 e. The molecule has 0 aliphatic carbocycles. The summed E-state index contributed by atoms with van der Waals surface area (Å²) in [6.07, 6.45) is 0.939. The Kier molecular flexibility index (Phi) is 11.3. The first-order valence-electron chi connectivity index (χ1n) is 11.8. The van der Waals surface area contributed by atoms with Gasteiger partial charge in [0.1, 0.15) is 12.3 Å². The number of nitrogen functional groups attached to an aromatic ring is 1. The lowest BCUT2D eigenvalue weighted by Crippen LogP contribution is -2.25. The quantitative estimate of drug-likeness (QED) is 0.160. The Morgan fingerprint density at radius 2 is 2.08 bits per heavy atom. The van der Waals surface area contributed by atoms with Crippen molar-refractivity contribution in [3.8, 4) is 5.75 Å². The van der Waals surface area contributed by atoms with Gasteiger partial charge in [0.2, 0.25) is 5.95 Å². The lowest BCUT2D eigenvalue weighted by atomic mass is 10.2. The molecule has 0 bridgehead atoms. The SMILES string of the molecule is CNc1nc(N)nc2c1ncn2C1OC(COP(O)NCC(=O)OC(C)C)CC1Cl.COc1ccccc1. The number of fused-ring (bicyclic) bond motifs is 1. The standard InChI is InChI=1S/C16H25ClN7O5P.C7H8O/c1-8(2)28-11(25)5-21-30(26)27-6-9-4-10(17)15(29-9)24-7-20-12-13(19-3)22-16(18)23-14(12)24;1-8-7-5-3-2-4-6-7/h7-10,15,21,26H,4-6H2,1-3H3,(H3,18,19,22,23);2-6H,1H3. The summed E-state index contributed by atoms with van der Waals surface area (Å²) in [7, 11) is 1.37. The van der Waals surface area contributed by atoms with Gasteiger partial charge >= 0.3 is 5.97 Å². The molecule has 0 spiro atoms. The van der Waals surface area contributed by atoms with Crippen LogP contribution in [0.25, 0.3) is 11.2 Å². The van der Waals surface area contributed by atoms with Gasteiger partial charge in [-0.15, -0.1) is 11.6 Å². The predicted octanol–water partition coefficient (Wildman–Crippen LogP) is 2.82. The van der Waals surface area contributed by atoms with Gasteiger partial charge in [-0.05, 0) is 32.4 Å². The van der Waals surface area contributed by atoms with E-state index >= 15 is 0 Å². The number of anilines is 2. The van der Waals surface area contributed by atoms with E-state index in [1.165, 1.54) is 0 Å². The van der Waals surface area contributed by atoms with Gasteiger partial charge in [-0.1, -0.05) is 18.2 Å². The lowest BCUT2D eigenvalue weighted by Gasteiger charge is -2.18. The number of nitrogens with one attached hydrogen (secondary N) is 2. The zero-order valence-corrected chi connectivity index (χ0v) is 23.2. The van der Waals surface area contributed by atoms with Gasteiger partial charge in [-0.2, -0.15) is 9.97 Å². The smallest absolute Gasteiger partial charge is 0.320 e. The lowest BCUT2D eigenvalue weighted by molar-refractivity contribution is -0.145. The number of methoxy groups -OCH3 is 1. The van der Waals surface area contributed by atoms with E-state index in [-0.39, 0.29) is 36.7 Å². The molecule has 38 heavy (non-hydrogen) atoms. The zero-order chi connectivity index (χ0) is 27.7. The molecule has 4 rings (SSSR count). The minimum absolute atomic E-state index is 0.0969. The van der Waals surface area contributed by atoms with Gasteiger partial charge in [0.15, 0.2) is 23.2 Å². The van der Waals surface area contributed by atoms with Gasteiger partial charge in [-0.3, -0.25) is 9.36 Å². The van der Waals surface area contributed by atoms with E-state index in [9.17, 15) is 9.69 Å². The number of ether oxygens (including phenoxy) is 3. The number of imidazole rings is 1. The Bertz CT molecular complexity index is 1170. The van der Waals surface area contributed by atoms with Crippen LogP contribution in [0.3, 0.4) is 0 Å². The summed E-state index contributed by atoms with van der Waals surface area (Å²) in [5.74, 6) is 1.05. The highest BCUT2D eigenvalue weighted by Crippen LogP contribution is 2.37.